The molecule has 0 N–H and O–H groups in total. The summed E-state index contributed by atoms with van der Waals surface area (Å²) in [6.07, 6.45) is 5.76. The van der Waals surface area contributed by atoms with Gasteiger partial charge in [-0.2, -0.15) is 0 Å². The maximum absolute atomic E-state index is 13.5. The van der Waals surface area contributed by atoms with Gasteiger partial charge in [-0.05, 0) is 37.5 Å². The van der Waals surface area contributed by atoms with Crippen molar-refractivity contribution in [3.8, 4) is 0 Å². The van der Waals surface area contributed by atoms with Gasteiger partial charge >= 0.3 is 0 Å². The molecule has 1 fully saturated rings. The molecule has 0 atom stereocenters. The first-order valence-electron chi connectivity index (χ1n) is 6.63. The van der Waals surface area contributed by atoms with E-state index in [0.29, 0.717) is 17.2 Å². The summed E-state index contributed by atoms with van der Waals surface area (Å²) in [5.74, 6) is -0.376. The zero-order chi connectivity index (χ0) is 13.1. The fourth-order valence-corrected chi connectivity index (χ4v) is 2.56. The predicted molar refractivity (Wildman–Crippen MR) is 70.1 cm³/mol. The highest BCUT2D eigenvalue weighted by Crippen LogP contribution is 2.23. The summed E-state index contributed by atoms with van der Waals surface area (Å²) in [7, 11) is 1.83. The summed E-state index contributed by atoms with van der Waals surface area (Å²) in [6.45, 7) is 1.70. The Bertz CT molecular complexity index is 438. The Kier molecular flexibility index (Phi) is 4.00. The van der Waals surface area contributed by atoms with Crippen molar-refractivity contribution in [3.63, 3.8) is 0 Å². The van der Waals surface area contributed by atoms with Crippen molar-refractivity contribution in [2.75, 3.05) is 7.05 Å². The van der Waals surface area contributed by atoms with Gasteiger partial charge in [-0.25, -0.2) is 4.39 Å². The largest absolute Gasteiger partial charge is 0.339 e. The summed E-state index contributed by atoms with van der Waals surface area (Å²) >= 11 is 0. The monoisotopic (exact) mass is 249 g/mol. The SMILES string of the molecule is Cc1ccc(C(=O)N(C)C2CCCCC2)cc1F. The second kappa shape index (κ2) is 5.51. The van der Waals surface area contributed by atoms with E-state index in [1.54, 1.807) is 24.0 Å². The van der Waals surface area contributed by atoms with E-state index in [0.717, 1.165) is 12.8 Å². The number of hydrogen-bond donors (Lipinski definition) is 0. The second-order valence-corrected chi connectivity index (χ2v) is 5.17. The van der Waals surface area contributed by atoms with Gasteiger partial charge in [-0.1, -0.05) is 25.3 Å². The Hall–Kier alpha value is -1.38. The van der Waals surface area contributed by atoms with Crippen molar-refractivity contribution >= 4 is 5.91 Å². The Morgan fingerprint density at radius 3 is 2.56 bits per heavy atom. The van der Waals surface area contributed by atoms with Crippen molar-refractivity contribution in [1.29, 1.82) is 0 Å². The average molecular weight is 249 g/mol. The van der Waals surface area contributed by atoms with Gasteiger partial charge < -0.3 is 4.90 Å². The smallest absolute Gasteiger partial charge is 0.253 e. The van der Waals surface area contributed by atoms with Gasteiger partial charge in [0.2, 0.25) is 0 Å². The van der Waals surface area contributed by atoms with E-state index in [1.807, 2.05) is 7.05 Å². The molecular formula is C15H20FNO. The lowest BCUT2D eigenvalue weighted by molar-refractivity contribution is 0.0696. The van der Waals surface area contributed by atoms with E-state index in [9.17, 15) is 9.18 Å². The van der Waals surface area contributed by atoms with E-state index >= 15 is 0 Å². The Balaban J connectivity index is 2.11. The Labute approximate surface area is 108 Å². The molecule has 1 aliphatic rings. The first kappa shape index (κ1) is 13.1. The third-order valence-electron chi connectivity index (χ3n) is 3.86. The van der Waals surface area contributed by atoms with E-state index in [1.165, 1.54) is 25.3 Å². The van der Waals surface area contributed by atoms with Gasteiger partial charge in [-0.3, -0.25) is 4.79 Å². The molecule has 0 bridgehead atoms. The molecule has 0 aromatic heterocycles. The molecular weight excluding hydrogens is 229 g/mol. The quantitative estimate of drug-likeness (QED) is 0.785. The minimum atomic E-state index is -0.308. The average Bonchev–Trinajstić information content (AvgIpc) is 2.41. The van der Waals surface area contributed by atoms with E-state index < -0.39 is 0 Å². The molecule has 0 aliphatic heterocycles. The highest BCUT2D eigenvalue weighted by Gasteiger charge is 2.23. The molecule has 2 nitrogen and oxygen atoms in total. The topological polar surface area (TPSA) is 20.3 Å². The fraction of sp³-hybridized carbons (Fsp3) is 0.533. The van der Waals surface area contributed by atoms with Crippen molar-refractivity contribution in [2.45, 2.75) is 45.1 Å². The van der Waals surface area contributed by atoms with Crippen molar-refractivity contribution in [2.24, 2.45) is 0 Å². The van der Waals surface area contributed by atoms with Gasteiger partial charge in [0.25, 0.3) is 5.91 Å². The van der Waals surface area contributed by atoms with Crippen LogP contribution >= 0.6 is 0 Å². The van der Waals surface area contributed by atoms with Gasteiger partial charge in [0.05, 0.1) is 0 Å². The maximum atomic E-state index is 13.5. The number of nitrogens with zero attached hydrogens (tertiary/aromatic N) is 1. The van der Waals surface area contributed by atoms with Crippen LogP contribution in [0.3, 0.4) is 0 Å². The fourth-order valence-electron chi connectivity index (χ4n) is 2.56. The molecule has 3 heteroatoms. The van der Waals surface area contributed by atoms with Gasteiger partial charge in [0.15, 0.2) is 0 Å². The molecule has 1 saturated carbocycles. The van der Waals surface area contributed by atoms with Crippen molar-refractivity contribution < 1.29 is 9.18 Å². The molecule has 0 radical (unpaired) electrons. The van der Waals surface area contributed by atoms with Crippen molar-refractivity contribution in [1.82, 2.24) is 4.90 Å². The van der Waals surface area contributed by atoms with Crippen LogP contribution in [0.25, 0.3) is 0 Å². The standard InChI is InChI=1S/C15H20FNO/c1-11-8-9-12(10-14(11)16)15(18)17(2)13-6-4-3-5-7-13/h8-10,13H,3-7H2,1-2H3. The molecule has 18 heavy (non-hydrogen) atoms. The number of carbonyl (C=O) groups is 1. The molecule has 2 rings (SSSR count). The van der Waals surface area contributed by atoms with Crippen LogP contribution in [0, 0.1) is 12.7 Å². The molecule has 1 aliphatic carbocycles. The van der Waals surface area contributed by atoms with Crippen LogP contribution in [0.2, 0.25) is 0 Å². The van der Waals surface area contributed by atoms with Gasteiger partial charge in [0, 0.05) is 18.7 Å². The number of benzene rings is 1. The first-order valence-corrected chi connectivity index (χ1v) is 6.63. The molecule has 0 heterocycles. The predicted octanol–water partition coefficient (Wildman–Crippen LogP) is 3.54. The zero-order valence-electron chi connectivity index (χ0n) is 11.1. The number of halogens is 1. The van der Waals surface area contributed by atoms with E-state index in [2.05, 4.69) is 0 Å². The number of hydrogen-bond acceptors (Lipinski definition) is 1. The molecule has 1 aromatic rings. The minimum Gasteiger partial charge on any atom is -0.339 e. The number of amides is 1. The highest BCUT2D eigenvalue weighted by molar-refractivity contribution is 5.94. The lowest BCUT2D eigenvalue weighted by Gasteiger charge is -2.31. The number of aryl methyl sites for hydroxylation is 1. The lowest BCUT2D eigenvalue weighted by Crippen LogP contribution is -2.38. The summed E-state index contributed by atoms with van der Waals surface area (Å²) in [5.41, 5.74) is 1.03. The Morgan fingerprint density at radius 2 is 1.94 bits per heavy atom. The van der Waals surface area contributed by atoms with E-state index in [-0.39, 0.29) is 11.7 Å². The van der Waals surface area contributed by atoms with Crippen LogP contribution in [0.15, 0.2) is 18.2 Å². The normalized spacial score (nSPS) is 16.6. The number of carbonyl (C=O) groups excluding carboxylic acids is 1. The Morgan fingerprint density at radius 1 is 1.28 bits per heavy atom. The summed E-state index contributed by atoms with van der Waals surface area (Å²) in [5, 5.41) is 0. The summed E-state index contributed by atoms with van der Waals surface area (Å²) in [4.78, 5) is 14.0. The van der Waals surface area contributed by atoms with Gasteiger partial charge in [0.1, 0.15) is 5.82 Å². The molecule has 0 saturated heterocycles. The third kappa shape index (κ3) is 2.71. The summed E-state index contributed by atoms with van der Waals surface area (Å²) in [6, 6.07) is 5.03. The molecule has 1 aromatic carbocycles. The first-order chi connectivity index (χ1) is 8.59. The maximum Gasteiger partial charge on any atom is 0.253 e. The molecule has 98 valence electrons. The van der Waals surface area contributed by atoms with Crippen LogP contribution in [-0.2, 0) is 0 Å². The van der Waals surface area contributed by atoms with Crippen LogP contribution < -0.4 is 0 Å². The molecule has 1 amide bonds. The molecule has 0 unspecified atom stereocenters. The lowest BCUT2D eigenvalue weighted by atomic mass is 9.94. The van der Waals surface area contributed by atoms with Gasteiger partial charge in [-0.15, -0.1) is 0 Å². The second-order valence-electron chi connectivity index (χ2n) is 5.17. The minimum absolute atomic E-state index is 0.0687. The van der Waals surface area contributed by atoms with Crippen LogP contribution in [0.5, 0.6) is 0 Å². The van der Waals surface area contributed by atoms with Crippen LogP contribution in [0.4, 0.5) is 4.39 Å². The molecule has 0 spiro atoms. The van der Waals surface area contributed by atoms with Crippen LogP contribution in [0.1, 0.15) is 48.0 Å². The third-order valence-corrected chi connectivity index (χ3v) is 3.86. The highest BCUT2D eigenvalue weighted by atomic mass is 19.1. The van der Waals surface area contributed by atoms with E-state index in [4.69, 9.17) is 0 Å². The zero-order valence-corrected chi connectivity index (χ0v) is 11.1. The van der Waals surface area contributed by atoms with Crippen molar-refractivity contribution in [3.05, 3.63) is 35.1 Å². The summed E-state index contributed by atoms with van der Waals surface area (Å²) < 4.78 is 13.5. The van der Waals surface area contributed by atoms with Crippen LogP contribution in [-0.4, -0.2) is 23.9 Å². The number of rotatable bonds is 2.